The van der Waals surface area contributed by atoms with Gasteiger partial charge in [-0.05, 0) is 46.5 Å². The summed E-state index contributed by atoms with van der Waals surface area (Å²) in [7, 11) is 0. The van der Waals surface area contributed by atoms with Gasteiger partial charge in [-0.25, -0.2) is 0 Å². The summed E-state index contributed by atoms with van der Waals surface area (Å²) in [5.74, 6) is -0.0357. The van der Waals surface area contributed by atoms with Gasteiger partial charge in [0.1, 0.15) is 6.10 Å². The van der Waals surface area contributed by atoms with Crippen molar-refractivity contribution in [3.05, 3.63) is 0 Å². The molecule has 0 aromatic heterocycles. The van der Waals surface area contributed by atoms with Crippen LogP contribution in [0, 0.1) is 5.41 Å². The van der Waals surface area contributed by atoms with E-state index < -0.39 is 0 Å². The van der Waals surface area contributed by atoms with E-state index in [1.165, 1.54) is 83.5 Å². The molecule has 0 N–H and O–H groups in total. The number of hydrogen-bond acceptors (Lipinski definition) is 2. The van der Waals surface area contributed by atoms with Gasteiger partial charge in [-0.3, -0.25) is 4.79 Å². The van der Waals surface area contributed by atoms with E-state index in [-0.39, 0.29) is 17.5 Å². The second kappa shape index (κ2) is 15.7. The molecule has 2 nitrogen and oxygen atoms in total. The normalized spacial score (nSPS) is 13.0. The van der Waals surface area contributed by atoms with Crippen LogP contribution in [0.15, 0.2) is 0 Å². The lowest BCUT2D eigenvalue weighted by atomic mass is 9.96. The van der Waals surface area contributed by atoms with Gasteiger partial charge in [0.15, 0.2) is 0 Å². The Kier molecular flexibility index (Phi) is 15.4. The van der Waals surface area contributed by atoms with Gasteiger partial charge in [-0.1, -0.05) is 84.5 Å². The van der Waals surface area contributed by atoms with Gasteiger partial charge >= 0.3 is 5.97 Å². The van der Waals surface area contributed by atoms with Gasteiger partial charge in [0.25, 0.3) is 0 Å². The predicted octanol–water partition coefficient (Wildman–Crippen LogP) is 7.84. The number of esters is 1. The summed E-state index contributed by atoms with van der Waals surface area (Å²) in [6.07, 6.45) is 19.2. The third kappa shape index (κ3) is 15.4. The van der Waals surface area contributed by atoms with E-state index in [0.29, 0.717) is 0 Å². The van der Waals surface area contributed by atoms with Crippen LogP contribution in [0.3, 0.4) is 0 Å². The molecule has 0 aliphatic carbocycles. The Labute approximate surface area is 158 Å². The molecular weight excluding hydrogens is 308 g/mol. The second-order valence-corrected chi connectivity index (χ2v) is 8.74. The largest absolute Gasteiger partial charge is 0.462 e. The summed E-state index contributed by atoms with van der Waals surface area (Å²) in [5.41, 5.74) is -0.389. The van der Waals surface area contributed by atoms with Crippen molar-refractivity contribution in [2.75, 3.05) is 0 Å². The van der Waals surface area contributed by atoms with E-state index in [0.717, 1.165) is 12.8 Å². The number of hydrogen-bond donors (Lipinski definition) is 0. The van der Waals surface area contributed by atoms with Crippen molar-refractivity contribution in [3.8, 4) is 0 Å². The Hall–Kier alpha value is -0.530. The Bertz CT molecular complexity index is 304. The topological polar surface area (TPSA) is 26.3 Å². The van der Waals surface area contributed by atoms with Crippen LogP contribution >= 0.6 is 0 Å². The number of unbranched alkanes of at least 4 members (excludes halogenated alkanes) is 11. The summed E-state index contributed by atoms with van der Waals surface area (Å²) in [6.45, 7) is 10.4. The van der Waals surface area contributed by atoms with E-state index in [1.54, 1.807) is 0 Å². The standard InChI is InChI=1S/C23H46O2/c1-6-8-10-12-14-16-18-20-21(25-22(24)23(3,4)5)19-17-15-13-11-9-7-2/h21H,6-20H2,1-5H3. The highest BCUT2D eigenvalue weighted by Gasteiger charge is 2.26. The van der Waals surface area contributed by atoms with E-state index >= 15 is 0 Å². The van der Waals surface area contributed by atoms with Crippen LogP contribution in [0.5, 0.6) is 0 Å². The highest BCUT2D eigenvalue weighted by Crippen LogP contribution is 2.22. The molecule has 0 aromatic carbocycles. The highest BCUT2D eigenvalue weighted by molar-refractivity contribution is 5.75. The van der Waals surface area contributed by atoms with Crippen LogP contribution in [0.25, 0.3) is 0 Å². The minimum atomic E-state index is -0.389. The molecule has 0 heterocycles. The number of carbonyl (C=O) groups excluding carboxylic acids is 1. The van der Waals surface area contributed by atoms with Crippen LogP contribution in [0.1, 0.15) is 131 Å². The summed E-state index contributed by atoms with van der Waals surface area (Å²) in [5, 5.41) is 0. The molecule has 0 amide bonds. The summed E-state index contributed by atoms with van der Waals surface area (Å²) >= 11 is 0. The average molecular weight is 355 g/mol. The van der Waals surface area contributed by atoms with Crippen molar-refractivity contribution >= 4 is 5.97 Å². The third-order valence-electron chi connectivity index (χ3n) is 4.90. The smallest absolute Gasteiger partial charge is 0.311 e. The Morgan fingerprint density at radius 2 is 1.04 bits per heavy atom. The molecular formula is C23H46O2. The van der Waals surface area contributed by atoms with Crippen molar-refractivity contribution in [1.29, 1.82) is 0 Å². The first-order valence-electron chi connectivity index (χ1n) is 11.1. The van der Waals surface area contributed by atoms with Crippen LogP contribution in [0.4, 0.5) is 0 Å². The maximum atomic E-state index is 12.2. The lowest BCUT2D eigenvalue weighted by molar-refractivity contribution is -0.159. The first kappa shape index (κ1) is 24.5. The maximum absolute atomic E-state index is 12.2. The van der Waals surface area contributed by atoms with Crippen molar-refractivity contribution in [2.45, 2.75) is 137 Å². The molecule has 0 aliphatic heterocycles. The van der Waals surface area contributed by atoms with Crippen molar-refractivity contribution in [1.82, 2.24) is 0 Å². The van der Waals surface area contributed by atoms with E-state index in [4.69, 9.17) is 4.74 Å². The van der Waals surface area contributed by atoms with Crippen molar-refractivity contribution < 1.29 is 9.53 Å². The van der Waals surface area contributed by atoms with Gasteiger partial charge in [-0.2, -0.15) is 0 Å². The lowest BCUT2D eigenvalue weighted by Gasteiger charge is -2.23. The molecule has 2 heteroatoms. The van der Waals surface area contributed by atoms with E-state index in [2.05, 4.69) is 13.8 Å². The first-order chi connectivity index (χ1) is 11.9. The van der Waals surface area contributed by atoms with Crippen LogP contribution < -0.4 is 0 Å². The molecule has 0 saturated carbocycles. The van der Waals surface area contributed by atoms with Gasteiger partial charge in [0, 0.05) is 0 Å². The molecule has 0 spiro atoms. The molecule has 0 radical (unpaired) electrons. The van der Waals surface area contributed by atoms with E-state index in [1.807, 2.05) is 20.8 Å². The number of carbonyl (C=O) groups is 1. The summed E-state index contributed by atoms with van der Waals surface area (Å²) < 4.78 is 5.85. The number of rotatable bonds is 16. The molecule has 1 unspecified atom stereocenters. The molecule has 0 bridgehead atoms. The fraction of sp³-hybridized carbons (Fsp3) is 0.957. The maximum Gasteiger partial charge on any atom is 0.311 e. The average Bonchev–Trinajstić information content (AvgIpc) is 2.55. The zero-order valence-electron chi connectivity index (χ0n) is 18.0. The molecule has 0 rings (SSSR count). The predicted molar refractivity (Wildman–Crippen MR) is 110 cm³/mol. The zero-order chi connectivity index (χ0) is 19.0. The molecule has 0 fully saturated rings. The third-order valence-corrected chi connectivity index (χ3v) is 4.90. The molecule has 1 atom stereocenters. The summed E-state index contributed by atoms with van der Waals surface area (Å²) in [4.78, 5) is 12.2. The number of ether oxygens (including phenoxy) is 1. The van der Waals surface area contributed by atoms with Gasteiger partial charge < -0.3 is 4.74 Å². The minimum Gasteiger partial charge on any atom is -0.462 e. The van der Waals surface area contributed by atoms with Crippen molar-refractivity contribution in [2.24, 2.45) is 5.41 Å². The first-order valence-corrected chi connectivity index (χ1v) is 11.1. The summed E-state index contributed by atoms with van der Waals surface area (Å²) in [6, 6.07) is 0. The quantitative estimate of drug-likeness (QED) is 0.208. The monoisotopic (exact) mass is 354 g/mol. The minimum absolute atomic E-state index is 0.0357. The molecule has 25 heavy (non-hydrogen) atoms. The molecule has 0 aliphatic rings. The molecule has 0 saturated heterocycles. The van der Waals surface area contributed by atoms with E-state index in [9.17, 15) is 4.79 Å². The fourth-order valence-electron chi connectivity index (χ4n) is 3.07. The van der Waals surface area contributed by atoms with Gasteiger partial charge in [0.05, 0.1) is 5.41 Å². The van der Waals surface area contributed by atoms with Crippen LogP contribution in [0.2, 0.25) is 0 Å². The van der Waals surface area contributed by atoms with Gasteiger partial charge in [0.2, 0.25) is 0 Å². The Balaban J connectivity index is 4.05. The Morgan fingerprint density at radius 3 is 1.40 bits per heavy atom. The molecule has 0 aromatic rings. The fourth-order valence-corrected chi connectivity index (χ4v) is 3.07. The SMILES string of the molecule is CCCCCCCCCC(CCCCCCCC)OC(=O)C(C)(C)C. The highest BCUT2D eigenvalue weighted by atomic mass is 16.5. The second-order valence-electron chi connectivity index (χ2n) is 8.74. The Morgan fingerprint density at radius 1 is 0.680 bits per heavy atom. The van der Waals surface area contributed by atoms with Crippen molar-refractivity contribution in [3.63, 3.8) is 0 Å². The molecule has 150 valence electrons. The van der Waals surface area contributed by atoms with Gasteiger partial charge in [-0.15, -0.1) is 0 Å². The van der Waals surface area contributed by atoms with Crippen LogP contribution in [-0.4, -0.2) is 12.1 Å². The lowest BCUT2D eigenvalue weighted by Crippen LogP contribution is -2.28. The van der Waals surface area contributed by atoms with Crippen LogP contribution in [-0.2, 0) is 9.53 Å². The zero-order valence-corrected chi connectivity index (χ0v) is 18.0.